The van der Waals surface area contributed by atoms with Crippen LogP contribution in [-0.2, 0) is 16.1 Å². The highest BCUT2D eigenvalue weighted by molar-refractivity contribution is 7.16. The van der Waals surface area contributed by atoms with Crippen LogP contribution in [0.15, 0.2) is 12.1 Å². The molecule has 112 valence electrons. The van der Waals surface area contributed by atoms with E-state index in [1.807, 2.05) is 19.9 Å². The van der Waals surface area contributed by atoms with E-state index in [-0.39, 0.29) is 24.3 Å². The Hall–Kier alpha value is -1.11. The molecule has 1 aromatic heterocycles. The molecule has 0 unspecified atom stereocenters. The van der Waals surface area contributed by atoms with Crippen LogP contribution in [0.4, 0.5) is 0 Å². The Kier molecular flexibility index (Phi) is 6.45. The summed E-state index contributed by atoms with van der Waals surface area (Å²) in [4.78, 5) is 26.1. The Balaban J connectivity index is 2.40. The smallest absolute Gasteiger partial charge is 0.242 e. The Morgan fingerprint density at radius 1 is 1.45 bits per heavy atom. The number of carbonyl (C=O) groups is 2. The molecule has 7 heteroatoms. The van der Waals surface area contributed by atoms with E-state index in [2.05, 4.69) is 5.32 Å². The van der Waals surface area contributed by atoms with Gasteiger partial charge in [0.15, 0.2) is 0 Å². The quantitative estimate of drug-likeness (QED) is 0.834. The minimum absolute atomic E-state index is 0.0380. The van der Waals surface area contributed by atoms with Crippen molar-refractivity contribution in [1.82, 2.24) is 10.2 Å². The van der Waals surface area contributed by atoms with Crippen molar-refractivity contribution in [3.8, 4) is 0 Å². The number of hydrogen-bond donors (Lipinski definition) is 2. The van der Waals surface area contributed by atoms with Gasteiger partial charge in [-0.15, -0.1) is 11.3 Å². The van der Waals surface area contributed by atoms with Crippen molar-refractivity contribution in [3.63, 3.8) is 0 Å². The fourth-order valence-corrected chi connectivity index (χ4v) is 2.62. The molecule has 1 rings (SSSR count). The second kappa shape index (κ2) is 7.61. The number of likely N-dealkylation sites (N-methyl/N-ethyl adjacent to an activating group) is 1. The predicted octanol–water partition coefficient (Wildman–Crippen LogP) is 1.46. The third-order valence-electron chi connectivity index (χ3n) is 2.88. The van der Waals surface area contributed by atoms with E-state index in [4.69, 9.17) is 17.3 Å². The Bertz CT molecular complexity index is 476. The van der Waals surface area contributed by atoms with Crippen molar-refractivity contribution in [2.75, 3.05) is 13.6 Å². The maximum absolute atomic E-state index is 11.9. The average Bonchev–Trinajstić information content (AvgIpc) is 2.79. The van der Waals surface area contributed by atoms with Crippen LogP contribution >= 0.6 is 22.9 Å². The zero-order valence-corrected chi connectivity index (χ0v) is 13.4. The highest BCUT2D eigenvalue weighted by atomic mass is 35.5. The summed E-state index contributed by atoms with van der Waals surface area (Å²) >= 11 is 7.27. The van der Waals surface area contributed by atoms with E-state index in [1.165, 1.54) is 11.3 Å². The number of thiophene rings is 1. The number of halogens is 1. The van der Waals surface area contributed by atoms with Crippen LogP contribution in [0.25, 0.3) is 0 Å². The molecule has 3 N–H and O–H groups in total. The van der Waals surface area contributed by atoms with Gasteiger partial charge in [0.25, 0.3) is 0 Å². The molecule has 1 atom stereocenters. The fraction of sp³-hybridized carbons (Fsp3) is 0.538. The van der Waals surface area contributed by atoms with Gasteiger partial charge in [-0.25, -0.2) is 0 Å². The SMILES string of the molecule is CC(C)[C@H](N)C(=O)NCC(=O)N(C)Cc1ccc(Cl)s1. The predicted molar refractivity (Wildman–Crippen MR) is 81.6 cm³/mol. The first-order valence-corrected chi connectivity index (χ1v) is 7.52. The van der Waals surface area contributed by atoms with Gasteiger partial charge in [-0.1, -0.05) is 25.4 Å². The summed E-state index contributed by atoms with van der Waals surface area (Å²) in [5.74, 6) is -0.434. The van der Waals surface area contributed by atoms with E-state index in [0.717, 1.165) is 4.88 Å². The van der Waals surface area contributed by atoms with Crippen LogP contribution in [0, 0.1) is 5.92 Å². The van der Waals surface area contributed by atoms with E-state index in [9.17, 15) is 9.59 Å². The number of rotatable bonds is 6. The molecule has 2 amide bonds. The number of nitrogens with one attached hydrogen (secondary N) is 1. The lowest BCUT2D eigenvalue weighted by atomic mass is 10.1. The molecule has 0 fully saturated rings. The fourth-order valence-electron chi connectivity index (χ4n) is 1.48. The van der Waals surface area contributed by atoms with Crippen molar-refractivity contribution in [1.29, 1.82) is 0 Å². The molecule has 0 bridgehead atoms. The summed E-state index contributed by atoms with van der Waals surface area (Å²) in [7, 11) is 1.69. The lowest BCUT2D eigenvalue weighted by Gasteiger charge is -2.19. The maximum Gasteiger partial charge on any atom is 0.242 e. The van der Waals surface area contributed by atoms with Crippen molar-refractivity contribution in [2.45, 2.75) is 26.4 Å². The number of nitrogens with two attached hydrogens (primary N) is 1. The van der Waals surface area contributed by atoms with Gasteiger partial charge in [0, 0.05) is 11.9 Å². The highest BCUT2D eigenvalue weighted by Gasteiger charge is 2.18. The lowest BCUT2D eigenvalue weighted by molar-refractivity contribution is -0.132. The molecule has 0 radical (unpaired) electrons. The second-order valence-electron chi connectivity index (χ2n) is 4.94. The molecule has 0 saturated carbocycles. The number of nitrogens with zero attached hydrogens (tertiary/aromatic N) is 1. The summed E-state index contributed by atoms with van der Waals surface area (Å²) < 4.78 is 0.692. The molecule has 0 saturated heterocycles. The molecule has 0 aliphatic rings. The minimum atomic E-state index is -0.593. The third-order valence-corrected chi connectivity index (χ3v) is 4.10. The number of hydrogen-bond acceptors (Lipinski definition) is 4. The Labute approximate surface area is 128 Å². The molecule has 0 spiro atoms. The van der Waals surface area contributed by atoms with E-state index < -0.39 is 6.04 Å². The largest absolute Gasteiger partial charge is 0.346 e. The molecule has 20 heavy (non-hydrogen) atoms. The Morgan fingerprint density at radius 2 is 2.10 bits per heavy atom. The normalized spacial score (nSPS) is 12.3. The monoisotopic (exact) mass is 317 g/mol. The molecule has 1 heterocycles. The average molecular weight is 318 g/mol. The van der Waals surface area contributed by atoms with Gasteiger partial charge >= 0.3 is 0 Å². The van der Waals surface area contributed by atoms with Crippen LogP contribution in [0.1, 0.15) is 18.7 Å². The van der Waals surface area contributed by atoms with E-state index in [0.29, 0.717) is 10.9 Å². The topological polar surface area (TPSA) is 75.4 Å². The van der Waals surface area contributed by atoms with Gasteiger partial charge in [0.2, 0.25) is 11.8 Å². The molecule has 1 aromatic rings. The van der Waals surface area contributed by atoms with Crippen LogP contribution in [0.3, 0.4) is 0 Å². The Morgan fingerprint density at radius 3 is 2.60 bits per heavy atom. The van der Waals surface area contributed by atoms with Gasteiger partial charge in [-0.05, 0) is 18.1 Å². The number of carbonyl (C=O) groups excluding carboxylic acids is 2. The van der Waals surface area contributed by atoms with E-state index >= 15 is 0 Å². The van der Waals surface area contributed by atoms with Crippen LogP contribution < -0.4 is 11.1 Å². The maximum atomic E-state index is 11.9. The van der Waals surface area contributed by atoms with Crippen molar-refractivity contribution in [2.24, 2.45) is 11.7 Å². The second-order valence-corrected chi connectivity index (χ2v) is 6.74. The standard InChI is InChI=1S/C13H20ClN3O2S/c1-8(2)12(15)13(19)16-6-11(18)17(3)7-9-4-5-10(14)20-9/h4-5,8,12H,6-7,15H2,1-3H3,(H,16,19)/t12-/m0/s1. The van der Waals surface area contributed by atoms with Crippen molar-refractivity contribution >= 4 is 34.8 Å². The van der Waals surface area contributed by atoms with Gasteiger partial charge in [-0.3, -0.25) is 9.59 Å². The summed E-state index contributed by atoms with van der Waals surface area (Å²) in [5.41, 5.74) is 5.70. The van der Waals surface area contributed by atoms with Gasteiger partial charge in [-0.2, -0.15) is 0 Å². The molecule has 0 aliphatic carbocycles. The van der Waals surface area contributed by atoms with Crippen LogP contribution in [0.2, 0.25) is 4.34 Å². The summed E-state index contributed by atoms with van der Waals surface area (Å²) in [5, 5.41) is 2.56. The van der Waals surface area contributed by atoms with Crippen LogP contribution in [0.5, 0.6) is 0 Å². The molecule has 0 aromatic carbocycles. The first-order valence-electron chi connectivity index (χ1n) is 6.32. The summed E-state index contributed by atoms with van der Waals surface area (Å²) in [6, 6.07) is 3.08. The van der Waals surface area contributed by atoms with E-state index in [1.54, 1.807) is 18.0 Å². The first-order chi connectivity index (χ1) is 9.31. The lowest BCUT2D eigenvalue weighted by Crippen LogP contribution is -2.47. The van der Waals surface area contributed by atoms with Crippen LogP contribution in [-0.4, -0.2) is 36.3 Å². The van der Waals surface area contributed by atoms with Gasteiger partial charge in [0.1, 0.15) is 0 Å². The summed E-state index contributed by atoms with van der Waals surface area (Å²) in [6.07, 6.45) is 0. The zero-order valence-electron chi connectivity index (χ0n) is 11.9. The van der Waals surface area contributed by atoms with Crippen molar-refractivity contribution < 1.29 is 9.59 Å². The molecular weight excluding hydrogens is 298 g/mol. The molecule has 5 nitrogen and oxygen atoms in total. The molecule has 0 aliphatic heterocycles. The molecular formula is C13H20ClN3O2S. The minimum Gasteiger partial charge on any atom is -0.346 e. The summed E-state index contributed by atoms with van der Waals surface area (Å²) in [6.45, 7) is 4.15. The third kappa shape index (κ3) is 5.11. The first kappa shape index (κ1) is 16.9. The van der Waals surface area contributed by atoms with Gasteiger partial charge in [0.05, 0.1) is 23.5 Å². The highest BCUT2D eigenvalue weighted by Crippen LogP contribution is 2.22. The van der Waals surface area contributed by atoms with Gasteiger partial charge < -0.3 is 16.0 Å². The number of amides is 2. The van der Waals surface area contributed by atoms with Crippen molar-refractivity contribution in [3.05, 3.63) is 21.3 Å². The zero-order chi connectivity index (χ0) is 15.3.